The molecular formula is C33H38N6O4. The molecular weight excluding hydrogens is 544 g/mol. The van der Waals surface area contributed by atoms with Crippen LogP contribution in [0.15, 0.2) is 54.9 Å². The van der Waals surface area contributed by atoms with E-state index in [1.165, 1.54) is 52.8 Å². The van der Waals surface area contributed by atoms with Crippen LogP contribution in [-0.4, -0.2) is 82.2 Å². The zero-order chi connectivity index (χ0) is 30.1. The van der Waals surface area contributed by atoms with Gasteiger partial charge in [-0.15, -0.1) is 0 Å². The average molecular weight is 583 g/mol. The summed E-state index contributed by atoms with van der Waals surface area (Å²) in [7, 11) is 1.35. The highest BCUT2D eigenvalue weighted by atomic mass is 16.6. The normalized spacial score (nSPS) is 15.8. The molecule has 0 unspecified atom stereocenters. The minimum absolute atomic E-state index is 0.233. The van der Waals surface area contributed by atoms with Crippen LogP contribution >= 0.6 is 0 Å². The molecule has 4 heterocycles. The quantitative estimate of drug-likeness (QED) is 0.327. The zero-order valence-electron chi connectivity index (χ0n) is 25.2. The molecule has 1 amide bonds. The molecule has 0 aliphatic carbocycles. The second kappa shape index (κ2) is 11.7. The third-order valence-corrected chi connectivity index (χ3v) is 8.01. The molecule has 1 saturated heterocycles. The number of fused-ring (bicyclic) bond motifs is 3. The molecule has 0 spiro atoms. The summed E-state index contributed by atoms with van der Waals surface area (Å²) in [6.45, 7) is 11.0. The Bertz CT molecular complexity index is 1630. The first-order valence-electron chi connectivity index (χ1n) is 14.8. The van der Waals surface area contributed by atoms with E-state index in [0.29, 0.717) is 31.1 Å². The maximum Gasteiger partial charge on any atom is 0.410 e. The number of esters is 1. The number of aromatic amines is 1. The number of carbonyl (C=O) groups is 2. The van der Waals surface area contributed by atoms with Crippen molar-refractivity contribution in [3.05, 3.63) is 77.2 Å². The highest BCUT2D eigenvalue weighted by Gasteiger charge is 2.26. The number of ether oxygens (including phenoxy) is 2. The van der Waals surface area contributed by atoms with Crippen molar-refractivity contribution in [3.8, 4) is 11.1 Å². The fraction of sp³-hybridized carbons (Fsp3) is 0.394. The number of hydrogen-bond acceptors (Lipinski definition) is 8. The van der Waals surface area contributed by atoms with Gasteiger partial charge in [0.15, 0.2) is 0 Å². The van der Waals surface area contributed by atoms with Crippen LogP contribution in [0.2, 0.25) is 0 Å². The summed E-state index contributed by atoms with van der Waals surface area (Å²) < 4.78 is 10.3. The first kappa shape index (κ1) is 28.7. The maximum atomic E-state index is 12.4. The smallest absolute Gasteiger partial charge is 0.410 e. The molecule has 2 aromatic carbocycles. The SMILES string of the molecule is COC(=O)c1cnc(N2CCc3[nH]c4ccc(-c5cccc(CN6CCN(C(=O)OC(C)(C)C)CC6)c5)cc4c3C2)nc1. The van der Waals surface area contributed by atoms with Crippen molar-refractivity contribution in [2.45, 2.75) is 45.9 Å². The number of piperazine rings is 1. The molecule has 2 aliphatic heterocycles. The second-order valence-electron chi connectivity index (χ2n) is 12.2. The lowest BCUT2D eigenvalue weighted by Gasteiger charge is -2.35. The number of carbonyl (C=O) groups excluding carboxylic acids is 2. The molecule has 43 heavy (non-hydrogen) atoms. The Morgan fingerprint density at radius 1 is 0.953 bits per heavy atom. The van der Waals surface area contributed by atoms with Gasteiger partial charge in [0.1, 0.15) is 5.60 Å². The molecule has 0 radical (unpaired) electrons. The summed E-state index contributed by atoms with van der Waals surface area (Å²) in [4.78, 5) is 43.0. The van der Waals surface area contributed by atoms with Crippen LogP contribution in [0.5, 0.6) is 0 Å². The number of hydrogen-bond donors (Lipinski definition) is 1. The van der Waals surface area contributed by atoms with Gasteiger partial charge < -0.3 is 24.3 Å². The lowest BCUT2D eigenvalue weighted by Crippen LogP contribution is -2.49. The van der Waals surface area contributed by atoms with Crippen molar-refractivity contribution >= 4 is 28.9 Å². The van der Waals surface area contributed by atoms with E-state index in [4.69, 9.17) is 9.47 Å². The average Bonchev–Trinajstić information content (AvgIpc) is 3.37. The van der Waals surface area contributed by atoms with Gasteiger partial charge in [-0.1, -0.05) is 24.3 Å². The summed E-state index contributed by atoms with van der Waals surface area (Å²) >= 11 is 0. The summed E-state index contributed by atoms with van der Waals surface area (Å²) in [6.07, 6.45) is 3.66. The van der Waals surface area contributed by atoms with Gasteiger partial charge in [-0.25, -0.2) is 19.6 Å². The highest BCUT2D eigenvalue weighted by Crippen LogP contribution is 2.33. The minimum Gasteiger partial charge on any atom is -0.465 e. The molecule has 224 valence electrons. The van der Waals surface area contributed by atoms with Gasteiger partial charge in [-0.05, 0) is 55.7 Å². The number of H-pyrrole nitrogens is 1. The molecule has 4 aromatic rings. The van der Waals surface area contributed by atoms with E-state index in [1.807, 2.05) is 20.8 Å². The van der Waals surface area contributed by atoms with Crippen LogP contribution in [0.4, 0.5) is 10.7 Å². The minimum atomic E-state index is -0.482. The van der Waals surface area contributed by atoms with E-state index in [9.17, 15) is 9.59 Å². The summed E-state index contributed by atoms with van der Waals surface area (Å²) in [5.74, 6) is 0.157. The van der Waals surface area contributed by atoms with E-state index in [0.717, 1.165) is 38.1 Å². The standard InChI is InChI=1S/C33H38N6O4/c1-33(2,3)43-32(41)38-14-12-37(13-15-38)20-22-6-5-7-23(16-22)24-8-9-28-26(17-24)27-21-39(11-10-29(27)36-28)31-34-18-25(19-35-31)30(40)42-4/h5-9,16-19,36H,10-15,20-21H2,1-4H3. The van der Waals surface area contributed by atoms with Crippen LogP contribution in [0.25, 0.3) is 22.0 Å². The van der Waals surface area contributed by atoms with Crippen molar-refractivity contribution in [3.63, 3.8) is 0 Å². The first-order chi connectivity index (χ1) is 20.7. The lowest BCUT2D eigenvalue weighted by molar-refractivity contribution is 0.0139. The van der Waals surface area contributed by atoms with Gasteiger partial charge in [0.25, 0.3) is 0 Å². The van der Waals surface area contributed by atoms with E-state index >= 15 is 0 Å². The van der Waals surface area contributed by atoms with E-state index in [-0.39, 0.29) is 6.09 Å². The summed E-state index contributed by atoms with van der Waals surface area (Å²) in [5, 5.41) is 1.20. The van der Waals surface area contributed by atoms with Crippen LogP contribution < -0.4 is 4.90 Å². The highest BCUT2D eigenvalue weighted by molar-refractivity contribution is 5.90. The number of nitrogens with one attached hydrogen (secondary N) is 1. The first-order valence-corrected chi connectivity index (χ1v) is 14.8. The molecule has 2 aliphatic rings. The fourth-order valence-corrected chi connectivity index (χ4v) is 5.79. The number of aromatic nitrogens is 3. The van der Waals surface area contributed by atoms with Crippen molar-refractivity contribution in [2.24, 2.45) is 0 Å². The summed E-state index contributed by atoms with van der Waals surface area (Å²) in [5.41, 5.74) is 7.07. The number of benzene rings is 2. The van der Waals surface area contributed by atoms with E-state index in [1.54, 1.807) is 4.90 Å². The van der Waals surface area contributed by atoms with Crippen molar-refractivity contribution < 1.29 is 19.1 Å². The molecule has 1 fully saturated rings. The van der Waals surface area contributed by atoms with Crippen LogP contribution in [0.1, 0.15) is 48.0 Å². The molecule has 1 N–H and O–H groups in total. The number of amides is 1. The fourth-order valence-electron chi connectivity index (χ4n) is 5.79. The predicted molar refractivity (Wildman–Crippen MR) is 165 cm³/mol. The van der Waals surface area contributed by atoms with Crippen molar-refractivity contribution in [1.29, 1.82) is 0 Å². The Kier molecular flexibility index (Phi) is 7.79. The monoisotopic (exact) mass is 582 g/mol. The topological polar surface area (TPSA) is 104 Å². The van der Waals surface area contributed by atoms with Crippen LogP contribution in [0.3, 0.4) is 0 Å². The molecule has 10 heteroatoms. The second-order valence-corrected chi connectivity index (χ2v) is 12.2. The maximum absolute atomic E-state index is 12.4. The number of nitrogens with zero attached hydrogens (tertiary/aromatic N) is 5. The molecule has 0 atom stereocenters. The molecule has 10 nitrogen and oxygen atoms in total. The Morgan fingerprint density at radius 3 is 2.42 bits per heavy atom. The van der Waals surface area contributed by atoms with Crippen molar-refractivity contribution in [1.82, 2.24) is 24.8 Å². The molecule has 6 rings (SSSR count). The van der Waals surface area contributed by atoms with Gasteiger partial charge >= 0.3 is 12.1 Å². The van der Waals surface area contributed by atoms with E-state index in [2.05, 4.69) is 67.2 Å². The van der Waals surface area contributed by atoms with Gasteiger partial charge in [0.2, 0.25) is 5.95 Å². The molecule has 0 saturated carbocycles. The third-order valence-electron chi connectivity index (χ3n) is 8.01. The number of methoxy groups -OCH3 is 1. The predicted octanol–water partition coefficient (Wildman–Crippen LogP) is 5.03. The number of anilines is 1. The summed E-state index contributed by atoms with van der Waals surface area (Å²) in [6, 6.07) is 15.3. The molecule has 2 aromatic heterocycles. The van der Waals surface area contributed by atoms with Crippen LogP contribution in [0, 0.1) is 0 Å². The van der Waals surface area contributed by atoms with Gasteiger partial charge in [0, 0.05) is 86.8 Å². The Hall–Kier alpha value is -4.44. The Morgan fingerprint density at radius 2 is 1.70 bits per heavy atom. The van der Waals surface area contributed by atoms with Gasteiger partial charge in [-0.3, -0.25) is 4.90 Å². The number of rotatable bonds is 5. The third kappa shape index (κ3) is 6.34. The largest absolute Gasteiger partial charge is 0.465 e. The zero-order valence-corrected chi connectivity index (χ0v) is 25.2. The van der Waals surface area contributed by atoms with Crippen molar-refractivity contribution in [2.75, 3.05) is 44.7 Å². The van der Waals surface area contributed by atoms with Crippen LogP contribution in [-0.2, 0) is 29.0 Å². The van der Waals surface area contributed by atoms with Gasteiger partial charge in [-0.2, -0.15) is 0 Å². The molecule has 0 bridgehead atoms. The lowest BCUT2D eigenvalue weighted by atomic mass is 9.98. The van der Waals surface area contributed by atoms with E-state index < -0.39 is 11.6 Å². The Labute approximate surface area is 251 Å². The Balaban J connectivity index is 1.15. The van der Waals surface area contributed by atoms with Gasteiger partial charge in [0.05, 0.1) is 12.7 Å².